The van der Waals surface area contributed by atoms with Crippen LogP contribution in [0.2, 0.25) is 10.0 Å². The molecule has 0 saturated heterocycles. The fraction of sp³-hybridized carbons (Fsp3) is 0.174. The van der Waals surface area contributed by atoms with Gasteiger partial charge in [-0.3, -0.25) is 5.48 Å². The van der Waals surface area contributed by atoms with E-state index in [2.05, 4.69) is 10.1 Å². The quantitative estimate of drug-likeness (QED) is 0.272. The molecule has 0 radical (unpaired) electrons. The molecule has 0 aliphatic heterocycles. The lowest BCUT2D eigenvalue weighted by Gasteiger charge is -2.21. The molecule has 3 rings (SSSR count). The predicted octanol–water partition coefficient (Wildman–Crippen LogP) is 6.77. The Kier molecular flexibility index (Phi) is 7.15. The topological polar surface area (TPSA) is 103 Å². The average molecular weight is 493 g/mol. The van der Waals surface area contributed by atoms with Crippen molar-refractivity contribution in [1.82, 2.24) is 0 Å². The number of halogens is 2. The fourth-order valence-electron chi connectivity index (χ4n) is 3.67. The number of anilines is 1. The standard InChI is InChI=1S/C23H23Cl2N2O4P/c1-12-8-16(9-13(2)22(12)26)20(21-18(24)6-5-7-19(21)25)17-10-14(3)23(15(4)11-17)27-31-32(28,29)30/h5-11,26-27H,1-4H3,(H2,28,29,30). The molecule has 2 aromatic carbocycles. The van der Waals surface area contributed by atoms with Crippen molar-refractivity contribution in [2.45, 2.75) is 27.7 Å². The summed E-state index contributed by atoms with van der Waals surface area (Å²) in [5.41, 5.74) is 9.48. The minimum absolute atomic E-state index is 0.454. The summed E-state index contributed by atoms with van der Waals surface area (Å²) in [7, 11) is -4.70. The van der Waals surface area contributed by atoms with E-state index in [9.17, 15) is 4.57 Å². The number of aryl methyl sites for hydroxylation is 2. The van der Waals surface area contributed by atoms with Crippen molar-refractivity contribution >= 4 is 48.0 Å². The third-order valence-corrected chi connectivity index (χ3v) is 6.08. The summed E-state index contributed by atoms with van der Waals surface area (Å²) in [6.07, 6.45) is 3.86. The second-order valence-electron chi connectivity index (χ2n) is 7.63. The summed E-state index contributed by atoms with van der Waals surface area (Å²) in [4.78, 5) is 18.0. The van der Waals surface area contributed by atoms with Crippen molar-refractivity contribution in [2.75, 3.05) is 5.48 Å². The van der Waals surface area contributed by atoms with Gasteiger partial charge in [-0.15, -0.1) is 0 Å². The number of hydrogen-bond acceptors (Lipinski definition) is 4. The molecule has 2 aromatic rings. The van der Waals surface area contributed by atoms with E-state index in [0.717, 1.165) is 27.9 Å². The van der Waals surface area contributed by atoms with Gasteiger partial charge in [0, 0.05) is 15.6 Å². The van der Waals surface area contributed by atoms with Gasteiger partial charge >= 0.3 is 7.82 Å². The maximum absolute atomic E-state index is 11.1. The molecule has 1 aliphatic rings. The summed E-state index contributed by atoms with van der Waals surface area (Å²) in [6.45, 7) is 7.37. The summed E-state index contributed by atoms with van der Waals surface area (Å²) in [5, 5.41) is 9.19. The molecule has 0 fully saturated rings. The number of hydrogen-bond donors (Lipinski definition) is 4. The first-order valence-corrected chi connectivity index (χ1v) is 11.9. The molecule has 4 N–H and O–H groups in total. The van der Waals surface area contributed by atoms with E-state index in [1.54, 1.807) is 32.0 Å². The molecule has 1 aliphatic carbocycles. The number of rotatable bonds is 5. The number of phosphoric acid groups is 1. The van der Waals surface area contributed by atoms with Gasteiger partial charge in [0.15, 0.2) is 0 Å². The molecule has 0 amide bonds. The van der Waals surface area contributed by atoms with Crippen molar-refractivity contribution in [2.24, 2.45) is 0 Å². The van der Waals surface area contributed by atoms with Crippen molar-refractivity contribution in [3.8, 4) is 0 Å². The highest BCUT2D eigenvalue weighted by atomic mass is 35.5. The van der Waals surface area contributed by atoms with Crippen LogP contribution in [0.5, 0.6) is 0 Å². The lowest BCUT2D eigenvalue weighted by molar-refractivity contribution is 0.233. The Bertz CT molecular complexity index is 1190. The minimum Gasteiger partial charge on any atom is -0.301 e. The predicted molar refractivity (Wildman–Crippen MR) is 130 cm³/mol. The summed E-state index contributed by atoms with van der Waals surface area (Å²) >= 11 is 13.2. The Hall–Kier alpha value is -2.18. The summed E-state index contributed by atoms with van der Waals surface area (Å²) < 4.78 is 15.6. The smallest absolute Gasteiger partial charge is 0.301 e. The van der Waals surface area contributed by atoms with Crippen LogP contribution < -0.4 is 5.48 Å². The second-order valence-corrected chi connectivity index (χ2v) is 9.60. The van der Waals surface area contributed by atoms with Gasteiger partial charge in [0.2, 0.25) is 0 Å². The van der Waals surface area contributed by atoms with Crippen LogP contribution in [0.25, 0.3) is 5.57 Å². The fourth-order valence-corrected chi connectivity index (χ4v) is 4.47. The van der Waals surface area contributed by atoms with Crippen LogP contribution in [0.3, 0.4) is 0 Å². The number of allylic oxidation sites excluding steroid dienone is 5. The van der Waals surface area contributed by atoms with Gasteiger partial charge in [-0.25, -0.2) is 4.57 Å². The van der Waals surface area contributed by atoms with Crippen LogP contribution in [0.1, 0.15) is 36.1 Å². The normalized spacial score (nSPS) is 14.2. The van der Waals surface area contributed by atoms with E-state index in [4.69, 9.17) is 38.4 Å². The molecule has 0 unspecified atom stereocenters. The lowest BCUT2D eigenvalue weighted by atomic mass is 9.85. The van der Waals surface area contributed by atoms with Gasteiger partial charge in [0.05, 0.1) is 11.4 Å². The van der Waals surface area contributed by atoms with Gasteiger partial charge in [0.1, 0.15) is 0 Å². The van der Waals surface area contributed by atoms with Crippen LogP contribution in [-0.2, 0) is 9.19 Å². The van der Waals surface area contributed by atoms with Crippen molar-refractivity contribution in [3.63, 3.8) is 0 Å². The van der Waals surface area contributed by atoms with Gasteiger partial charge in [-0.2, -0.15) is 4.62 Å². The van der Waals surface area contributed by atoms with Crippen molar-refractivity contribution in [3.05, 3.63) is 91.5 Å². The summed E-state index contributed by atoms with van der Waals surface area (Å²) in [6, 6.07) is 9.05. The second kappa shape index (κ2) is 9.36. The first kappa shape index (κ1) is 24.5. The van der Waals surface area contributed by atoms with Crippen LogP contribution in [0, 0.1) is 19.3 Å². The molecule has 32 heavy (non-hydrogen) atoms. The van der Waals surface area contributed by atoms with Crippen molar-refractivity contribution < 1.29 is 19.0 Å². The van der Waals surface area contributed by atoms with Crippen LogP contribution in [0.4, 0.5) is 5.69 Å². The maximum atomic E-state index is 11.1. The molecule has 6 nitrogen and oxygen atoms in total. The molecular weight excluding hydrogens is 470 g/mol. The highest BCUT2D eigenvalue weighted by Gasteiger charge is 2.22. The zero-order valence-corrected chi connectivity index (χ0v) is 20.4. The molecule has 0 aromatic heterocycles. The molecule has 0 bridgehead atoms. The van der Waals surface area contributed by atoms with Gasteiger partial charge in [0.25, 0.3) is 0 Å². The van der Waals surface area contributed by atoms with Crippen LogP contribution >= 0.6 is 31.0 Å². The highest BCUT2D eigenvalue weighted by molar-refractivity contribution is 7.46. The number of benzene rings is 2. The molecule has 0 atom stereocenters. The zero-order chi connectivity index (χ0) is 23.8. The molecule has 0 saturated carbocycles. The first-order chi connectivity index (χ1) is 14.9. The van der Waals surface area contributed by atoms with E-state index < -0.39 is 7.82 Å². The molecule has 9 heteroatoms. The Morgan fingerprint density at radius 1 is 1.00 bits per heavy atom. The zero-order valence-electron chi connectivity index (χ0n) is 18.0. The molecule has 0 heterocycles. The maximum Gasteiger partial charge on any atom is 0.491 e. The Morgan fingerprint density at radius 2 is 1.50 bits per heavy atom. The lowest BCUT2D eigenvalue weighted by Crippen LogP contribution is -2.08. The van der Waals surface area contributed by atoms with E-state index in [1.165, 1.54) is 0 Å². The average Bonchev–Trinajstić information content (AvgIpc) is 2.67. The van der Waals surface area contributed by atoms with Gasteiger partial charge in [-0.05, 0) is 103 Å². The van der Waals surface area contributed by atoms with Gasteiger partial charge < -0.3 is 15.2 Å². The van der Waals surface area contributed by atoms with E-state index in [1.807, 2.05) is 38.1 Å². The van der Waals surface area contributed by atoms with E-state index in [-0.39, 0.29) is 0 Å². The third-order valence-electron chi connectivity index (χ3n) is 5.12. The minimum atomic E-state index is -4.70. The summed E-state index contributed by atoms with van der Waals surface area (Å²) in [5.74, 6) is 0. The van der Waals surface area contributed by atoms with E-state index >= 15 is 0 Å². The first-order valence-electron chi connectivity index (χ1n) is 9.65. The Balaban J connectivity index is 2.28. The monoisotopic (exact) mass is 492 g/mol. The largest absolute Gasteiger partial charge is 0.491 e. The third kappa shape index (κ3) is 5.24. The molecule has 168 valence electrons. The molecular formula is C23H23Cl2N2O4P. The van der Waals surface area contributed by atoms with E-state index in [0.29, 0.717) is 38.1 Å². The van der Waals surface area contributed by atoms with Crippen molar-refractivity contribution in [1.29, 1.82) is 5.41 Å². The Labute approximate surface area is 196 Å². The SMILES string of the molecule is CC1=CC(=C(c2cc(C)c(NOP(=O)(O)O)c(C)c2)c2c(Cl)cccc2Cl)C=C(C)C1=N. The van der Waals surface area contributed by atoms with Gasteiger partial charge in [-0.1, -0.05) is 29.3 Å². The highest BCUT2D eigenvalue weighted by Crippen LogP contribution is 2.42. The Morgan fingerprint density at radius 3 is 1.97 bits per heavy atom. The molecule has 0 spiro atoms. The van der Waals surface area contributed by atoms with Crippen LogP contribution in [0.15, 0.2) is 59.2 Å². The number of nitrogens with one attached hydrogen (secondary N) is 2. The van der Waals surface area contributed by atoms with Crippen LogP contribution in [-0.4, -0.2) is 15.5 Å².